The van der Waals surface area contributed by atoms with Crippen molar-refractivity contribution in [3.63, 3.8) is 0 Å². The van der Waals surface area contributed by atoms with Crippen LogP contribution in [-0.2, 0) is 4.74 Å². The first kappa shape index (κ1) is 18.7. The number of pyridine rings is 1. The molecule has 24 heavy (non-hydrogen) atoms. The van der Waals surface area contributed by atoms with Gasteiger partial charge in [-0.1, -0.05) is 13.0 Å². The number of likely N-dealkylation sites (tertiary alicyclic amines) is 1. The van der Waals surface area contributed by atoms with E-state index in [1.165, 1.54) is 6.42 Å². The van der Waals surface area contributed by atoms with E-state index in [9.17, 15) is 4.79 Å². The van der Waals surface area contributed by atoms with Crippen LogP contribution in [0.3, 0.4) is 0 Å². The zero-order chi connectivity index (χ0) is 17.7. The highest BCUT2D eigenvalue weighted by Gasteiger charge is 2.31. The Labute approximate surface area is 146 Å². The second-order valence-electron chi connectivity index (χ2n) is 7.33. The van der Waals surface area contributed by atoms with Crippen molar-refractivity contribution in [1.82, 2.24) is 9.88 Å². The van der Waals surface area contributed by atoms with Gasteiger partial charge < -0.3 is 4.74 Å². The lowest BCUT2D eigenvalue weighted by atomic mass is 10.0. The van der Waals surface area contributed by atoms with Crippen LogP contribution in [0.2, 0.25) is 0 Å². The summed E-state index contributed by atoms with van der Waals surface area (Å²) >= 11 is 0. The van der Waals surface area contributed by atoms with Crippen molar-refractivity contribution in [2.45, 2.75) is 65.5 Å². The predicted octanol–water partition coefficient (Wildman–Crippen LogP) is 4.39. The molecule has 1 aromatic heterocycles. The quantitative estimate of drug-likeness (QED) is 0.801. The maximum Gasteiger partial charge on any atom is 0.415 e. The fourth-order valence-corrected chi connectivity index (χ4v) is 3.31. The molecule has 1 aliphatic heterocycles. The van der Waals surface area contributed by atoms with Gasteiger partial charge in [0.2, 0.25) is 0 Å². The number of rotatable bonds is 5. The number of carbonyl (C=O) groups is 1. The summed E-state index contributed by atoms with van der Waals surface area (Å²) in [5.41, 5.74) is 0.622. The van der Waals surface area contributed by atoms with Gasteiger partial charge in [0.05, 0.1) is 0 Å². The van der Waals surface area contributed by atoms with E-state index in [0.717, 1.165) is 37.3 Å². The highest BCUT2D eigenvalue weighted by molar-refractivity contribution is 5.87. The molecule has 0 radical (unpaired) electrons. The zero-order valence-corrected chi connectivity index (χ0v) is 15.7. The van der Waals surface area contributed by atoms with Crippen LogP contribution in [0.4, 0.5) is 10.6 Å². The molecule has 1 fully saturated rings. The van der Waals surface area contributed by atoms with E-state index in [1.54, 1.807) is 11.1 Å². The largest absolute Gasteiger partial charge is 0.443 e. The molecular weight excluding hydrogens is 302 g/mol. The summed E-state index contributed by atoms with van der Waals surface area (Å²) in [4.78, 5) is 21.3. The van der Waals surface area contributed by atoms with Gasteiger partial charge in [-0.3, -0.25) is 9.80 Å². The molecule has 5 nitrogen and oxygen atoms in total. The highest BCUT2D eigenvalue weighted by atomic mass is 16.6. The van der Waals surface area contributed by atoms with Crippen LogP contribution in [-0.4, -0.2) is 41.2 Å². The molecule has 0 bridgehead atoms. The lowest BCUT2D eigenvalue weighted by molar-refractivity contribution is 0.0580. The highest BCUT2D eigenvalue weighted by Crippen LogP contribution is 2.36. The molecule has 2 heterocycles. The van der Waals surface area contributed by atoms with Crippen LogP contribution in [0.25, 0.3) is 0 Å². The zero-order valence-electron chi connectivity index (χ0n) is 15.7. The third kappa shape index (κ3) is 4.47. The van der Waals surface area contributed by atoms with Gasteiger partial charge in [-0.2, -0.15) is 0 Å². The molecule has 1 aromatic rings. The monoisotopic (exact) mass is 333 g/mol. The van der Waals surface area contributed by atoms with Gasteiger partial charge in [0.1, 0.15) is 11.4 Å². The SMILES string of the molecule is CCCN1CCCC1c1cccnc1N(CC)C(=O)OC(C)(C)C. The van der Waals surface area contributed by atoms with Gasteiger partial charge in [-0.15, -0.1) is 0 Å². The molecule has 5 heteroatoms. The first-order valence-corrected chi connectivity index (χ1v) is 9.06. The van der Waals surface area contributed by atoms with Crippen LogP contribution < -0.4 is 4.90 Å². The van der Waals surface area contributed by atoms with Gasteiger partial charge in [0.25, 0.3) is 0 Å². The summed E-state index contributed by atoms with van der Waals surface area (Å²) in [7, 11) is 0. The lowest BCUT2D eigenvalue weighted by Gasteiger charge is -2.30. The van der Waals surface area contributed by atoms with Crippen LogP contribution in [0, 0.1) is 0 Å². The lowest BCUT2D eigenvalue weighted by Crippen LogP contribution is -2.38. The normalized spacial score (nSPS) is 18.6. The van der Waals surface area contributed by atoms with E-state index < -0.39 is 5.60 Å². The first-order valence-electron chi connectivity index (χ1n) is 9.06. The van der Waals surface area contributed by atoms with Gasteiger partial charge in [0.15, 0.2) is 0 Å². The Bertz CT molecular complexity index is 554. The topological polar surface area (TPSA) is 45.7 Å². The van der Waals surface area contributed by atoms with E-state index in [-0.39, 0.29) is 6.09 Å². The molecule has 1 saturated heterocycles. The summed E-state index contributed by atoms with van der Waals surface area (Å²) in [5.74, 6) is 0.738. The number of hydrogen-bond donors (Lipinski definition) is 0. The Hall–Kier alpha value is -1.62. The molecular formula is C19H31N3O2. The number of amides is 1. The minimum absolute atomic E-state index is 0.329. The Morgan fingerprint density at radius 2 is 2.17 bits per heavy atom. The minimum Gasteiger partial charge on any atom is -0.443 e. The maximum absolute atomic E-state index is 12.6. The van der Waals surface area contributed by atoms with Crippen molar-refractivity contribution in [2.75, 3.05) is 24.5 Å². The van der Waals surface area contributed by atoms with Crippen LogP contribution in [0.15, 0.2) is 18.3 Å². The number of aromatic nitrogens is 1. The third-order valence-corrected chi connectivity index (χ3v) is 4.24. The summed E-state index contributed by atoms with van der Waals surface area (Å²) in [6.07, 6.45) is 4.87. The summed E-state index contributed by atoms with van der Waals surface area (Å²) in [6.45, 7) is 12.6. The second-order valence-corrected chi connectivity index (χ2v) is 7.33. The Balaban J connectivity index is 2.31. The molecule has 1 amide bonds. The number of anilines is 1. The predicted molar refractivity (Wildman–Crippen MR) is 97.3 cm³/mol. The minimum atomic E-state index is -0.513. The van der Waals surface area contributed by atoms with Crippen molar-refractivity contribution in [1.29, 1.82) is 0 Å². The van der Waals surface area contributed by atoms with Crippen LogP contribution >= 0.6 is 0 Å². The fraction of sp³-hybridized carbons (Fsp3) is 0.684. The van der Waals surface area contributed by atoms with E-state index in [4.69, 9.17) is 4.74 Å². The van der Waals surface area contributed by atoms with E-state index in [0.29, 0.717) is 12.6 Å². The Morgan fingerprint density at radius 1 is 1.42 bits per heavy atom. The van der Waals surface area contributed by atoms with E-state index in [1.807, 2.05) is 33.8 Å². The summed E-state index contributed by atoms with van der Waals surface area (Å²) in [6, 6.07) is 4.41. The van der Waals surface area contributed by atoms with Crippen LogP contribution in [0.1, 0.15) is 65.5 Å². The maximum atomic E-state index is 12.6. The van der Waals surface area contributed by atoms with Crippen LogP contribution in [0.5, 0.6) is 0 Å². The molecule has 0 spiro atoms. The van der Waals surface area contributed by atoms with Gasteiger partial charge in [-0.25, -0.2) is 9.78 Å². The smallest absolute Gasteiger partial charge is 0.415 e. The standard InChI is InChI=1S/C19H31N3O2/c1-6-13-21-14-9-11-16(21)15-10-8-12-20-17(15)22(7-2)18(23)24-19(3,4)5/h8,10,12,16H,6-7,9,11,13-14H2,1-5H3. The average molecular weight is 333 g/mol. The third-order valence-electron chi connectivity index (χ3n) is 4.24. The molecule has 1 atom stereocenters. The summed E-state index contributed by atoms with van der Waals surface area (Å²) in [5, 5.41) is 0. The Morgan fingerprint density at radius 3 is 2.79 bits per heavy atom. The Kier molecular flexibility index (Phi) is 6.21. The molecule has 0 aliphatic carbocycles. The van der Waals surface area contributed by atoms with Crippen molar-refractivity contribution in [2.24, 2.45) is 0 Å². The van der Waals surface area contributed by atoms with Crippen molar-refractivity contribution < 1.29 is 9.53 Å². The molecule has 2 rings (SSSR count). The molecule has 0 N–H and O–H groups in total. The summed E-state index contributed by atoms with van der Waals surface area (Å²) < 4.78 is 5.57. The number of carbonyl (C=O) groups excluding carboxylic acids is 1. The molecule has 1 aliphatic rings. The van der Waals surface area contributed by atoms with E-state index >= 15 is 0 Å². The van der Waals surface area contributed by atoms with Crippen molar-refractivity contribution in [3.8, 4) is 0 Å². The number of ether oxygens (including phenoxy) is 1. The molecule has 1 unspecified atom stereocenters. The molecule has 0 aromatic carbocycles. The second kappa shape index (κ2) is 7.97. The average Bonchev–Trinajstić information content (AvgIpc) is 2.95. The van der Waals surface area contributed by atoms with E-state index in [2.05, 4.69) is 22.9 Å². The van der Waals surface area contributed by atoms with Crippen molar-refractivity contribution in [3.05, 3.63) is 23.9 Å². The number of hydrogen-bond acceptors (Lipinski definition) is 4. The first-order chi connectivity index (χ1) is 11.4. The van der Waals surface area contributed by atoms with Gasteiger partial charge >= 0.3 is 6.09 Å². The molecule has 134 valence electrons. The van der Waals surface area contributed by atoms with Gasteiger partial charge in [-0.05, 0) is 66.1 Å². The molecule has 0 saturated carbocycles. The fourth-order valence-electron chi connectivity index (χ4n) is 3.31. The van der Waals surface area contributed by atoms with Crippen molar-refractivity contribution >= 4 is 11.9 Å². The number of nitrogens with zero attached hydrogens (tertiary/aromatic N) is 3. The van der Waals surface area contributed by atoms with Gasteiger partial charge in [0, 0.05) is 24.3 Å².